The number of rotatable bonds is 3. The number of carbonyl (C=O) groups excluding carboxylic acids is 1. The van der Waals surface area contributed by atoms with Crippen molar-refractivity contribution >= 4 is 85.3 Å². The maximum Gasteiger partial charge on any atom is 0.263 e. The second kappa shape index (κ2) is 9.69. The van der Waals surface area contributed by atoms with Crippen LogP contribution in [0.3, 0.4) is 0 Å². The van der Waals surface area contributed by atoms with Gasteiger partial charge in [-0.2, -0.15) is 0 Å². The first-order valence-electron chi connectivity index (χ1n) is 10.5. The van der Waals surface area contributed by atoms with Crippen LogP contribution in [0.25, 0.3) is 15.6 Å². The van der Waals surface area contributed by atoms with Crippen LogP contribution in [-0.4, -0.2) is 25.8 Å². The number of aryl methyl sites for hydroxylation is 1. The fraction of sp³-hybridized carbons (Fsp3) is 0.0769. The van der Waals surface area contributed by atoms with Gasteiger partial charge in [-0.25, -0.2) is 15.0 Å². The van der Waals surface area contributed by atoms with E-state index in [0.29, 0.717) is 27.5 Å². The third-order valence-electron chi connectivity index (χ3n) is 5.47. The number of allylic oxidation sites excluding steroid dienone is 4. The van der Waals surface area contributed by atoms with Crippen molar-refractivity contribution < 1.29 is 4.79 Å². The van der Waals surface area contributed by atoms with E-state index in [-0.39, 0.29) is 5.91 Å². The van der Waals surface area contributed by atoms with Crippen LogP contribution >= 0.6 is 63.7 Å². The Kier molecular flexibility index (Phi) is 6.78. The second-order valence-electron chi connectivity index (χ2n) is 7.80. The molecule has 1 amide bonds. The van der Waals surface area contributed by atoms with Crippen LogP contribution in [-0.2, 0) is 6.94 Å². The molecule has 0 aliphatic carbocycles. The number of amides is 1. The van der Waals surface area contributed by atoms with Crippen molar-refractivity contribution in [1.29, 1.82) is 0 Å². The fourth-order valence-electron chi connectivity index (χ4n) is 3.97. The molecule has 0 saturated carbocycles. The number of alkyl halides is 3. The molecule has 35 heavy (non-hydrogen) atoms. The molecule has 5 nitrogen and oxygen atoms in total. The van der Waals surface area contributed by atoms with Gasteiger partial charge in [0.05, 0.1) is 15.8 Å². The normalized spacial score (nSPS) is 17.0. The van der Waals surface area contributed by atoms with Gasteiger partial charge in [-0.1, -0.05) is 108 Å². The molecule has 0 fully saturated rings. The van der Waals surface area contributed by atoms with E-state index in [9.17, 15) is 4.79 Å². The monoisotopic (exact) mass is 716 g/mol. The van der Waals surface area contributed by atoms with Gasteiger partial charge in [-0.05, 0) is 51.7 Å². The van der Waals surface area contributed by atoms with Crippen molar-refractivity contribution in [3.8, 4) is 0 Å². The molecule has 174 valence electrons. The molecule has 9 heteroatoms. The van der Waals surface area contributed by atoms with E-state index in [1.54, 1.807) is 11.1 Å². The number of fused-ring (bicyclic) bond motifs is 1. The SMILES string of the molecule is Cc1nc(C(Br)=C2C=CN3C(=O)C(c4ccccc4)=C(c4ccccc4)C3=C2)nc(C(Br)(Br)Br)n1. The van der Waals surface area contributed by atoms with Crippen LogP contribution in [0.4, 0.5) is 0 Å². The van der Waals surface area contributed by atoms with E-state index in [1.807, 2.05) is 79.7 Å². The van der Waals surface area contributed by atoms with Crippen LogP contribution in [0, 0.1) is 6.92 Å². The number of aromatic nitrogens is 3. The summed E-state index contributed by atoms with van der Waals surface area (Å²) >= 11 is 14.1. The summed E-state index contributed by atoms with van der Waals surface area (Å²) < 4.78 is -0.0751. The van der Waals surface area contributed by atoms with Crippen LogP contribution in [0.15, 0.2) is 90.3 Å². The third-order valence-corrected chi connectivity index (χ3v) is 7.35. The summed E-state index contributed by atoms with van der Waals surface area (Å²) in [4.78, 5) is 28.8. The van der Waals surface area contributed by atoms with E-state index < -0.39 is 2.14 Å². The average Bonchev–Trinajstić information content (AvgIpc) is 3.15. The summed E-state index contributed by atoms with van der Waals surface area (Å²) in [7, 11) is 0. The Bertz CT molecular complexity index is 1460. The smallest absolute Gasteiger partial charge is 0.263 e. The minimum absolute atomic E-state index is 0.0614. The van der Waals surface area contributed by atoms with Crippen LogP contribution in [0.1, 0.15) is 28.6 Å². The van der Waals surface area contributed by atoms with Gasteiger partial charge in [0.1, 0.15) is 5.82 Å². The Balaban J connectivity index is 1.70. The largest absolute Gasteiger partial charge is 0.283 e. The van der Waals surface area contributed by atoms with Crippen molar-refractivity contribution in [2.45, 2.75) is 9.07 Å². The average molecular weight is 720 g/mol. The van der Waals surface area contributed by atoms with E-state index in [0.717, 1.165) is 28.0 Å². The molecule has 0 radical (unpaired) electrons. The molecule has 0 atom stereocenters. The molecule has 0 saturated heterocycles. The molecule has 0 N–H and O–H groups in total. The molecule has 2 aromatic carbocycles. The molecule has 2 aliphatic rings. The Hall–Kier alpha value is -2.20. The Morgan fingerprint density at radius 1 is 0.857 bits per heavy atom. The van der Waals surface area contributed by atoms with Crippen molar-refractivity contribution in [1.82, 2.24) is 19.9 Å². The number of hydrogen-bond acceptors (Lipinski definition) is 4. The zero-order valence-corrected chi connectivity index (χ0v) is 24.6. The summed E-state index contributed by atoms with van der Waals surface area (Å²) in [5.41, 5.74) is 5.05. The first kappa shape index (κ1) is 24.5. The minimum Gasteiger partial charge on any atom is -0.283 e. The summed E-state index contributed by atoms with van der Waals surface area (Å²) in [6.45, 7) is 1.81. The van der Waals surface area contributed by atoms with E-state index in [2.05, 4.69) is 78.7 Å². The second-order valence-corrected chi connectivity index (χ2v) is 15.4. The third kappa shape index (κ3) is 4.79. The van der Waals surface area contributed by atoms with Gasteiger partial charge in [-0.3, -0.25) is 9.69 Å². The quantitative estimate of drug-likeness (QED) is 0.264. The Labute approximate surface area is 236 Å². The Morgan fingerprint density at radius 3 is 2.06 bits per heavy atom. The van der Waals surface area contributed by atoms with Crippen molar-refractivity contribution in [3.05, 3.63) is 119 Å². The molecule has 0 unspecified atom stereocenters. The van der Waals surface area contributed by atoms with Gasteiger partial charge < -0.3 is 0 Å². The topological polar surface area (TPSA) is 59.0 Å². The lowest BCUT2D eigenvalue weighted by Crippen LogP contribution is -2.21. The van der Waals surface area contributed by atoms with E-state index in [1.165, 1.54) is 0 Å². The number of halogens is 4. The molecule has 5 rings (SSSR count). The summed E-state index contributed by atoms with van der Waals surface area (Å²) in [6.07, 6.45) is 5.67. The lowest BCUT2D eigenvalue weighted by Gasteiger charge is -2.20. The summed E-state index contributed by atoms with van der Waals surface area (Å²) in [5, 5.41) is 0. The molecule has 3 heterocycles. The highest BCUT2D eigenvalue weighted by atomic mass is 80.0. The van der Waals surface area contributed by atoms with Gasteiger partial charge in [0.15, 0.2) is 13.8 Å². The zero-order valence-electron chi connectivity index (χ0n) is 18.2. The highest BCUT2D eigenvalue weighted by Gasteiger charge is 2.37. The number of nitrogens with zero attached hydrogens (tertiary/aromatic N) is 4. The van der Waals surface area contributed by atoms with Crippen LogP contribution in [0.5, 0.6) is 0 Å². The van der Waals surface area contributed by atoms with Crippen molar-refractivity contribution in [2.24, 2.45) is 0 Å². The summed E-state index contributed by atoms with van der Waals surface area (Å²) in [6, 6.07) is 19.7. The first-order chi connectivity index (χ1) is 16.7. The van der Waals surface area contributed by atoms with Gasteiger partial charge >= 0.3 is 0 Å². The molecular formula is C26H16Br4N4O. The summed E-state index contributed by atoms with van der Waals surface area (Å²) in [5.74, 6) is 1.48. The van der Waals surface area contributed by atoms with Gasteiger partial charge in [0, 0.05) is 11.8 Å². The van der Waals surface area contributed by atoms with Crippen molar-refractivity contribution in [3.63, 3.8) is 0 Å². The standard InChI is InChI=1S/C26H16Br4N4O/c1-15-31-23(33-25(32-15)26(28,29)30)22(27)18-12-13-34-19(14-18)20(16-8-4-2-5-9-16)21(24(34)35)17-10-6-3-7-11-17/h2-14H,1H3. The molecule has 0 bridgehead atoms. The maximum absolute atomic E-state index is 13.6. The molecule has 1 aromatic heterocycles. The van der Waals surface area contributed by atoms with Crippen LogP contribution in [0.2, 0.25) is 0 Å². The van der Waals surface area contributed by atoms with Gasteiger partial charge in [0.2, 0.25) is 0 Å². The van der Waals surface area contributed by atoms with E-state index >= 15 is 0 Å². The van der Waals surface area contributed by atoms with Gasteiger partial charge in [0.25, 0.3) is 5.91 Å². The predicted molar refractivity (Wildman–Crippen MR) is 153 cm³/mol. The lowest BCUT2D eigenvalue weighted by molar-refractivity contribution is -0.120. The number of hydrogen-bond donors (Lipinski definition) is 0. The van der Waals surface area contributed by atoms with E-state index in [4.69, 9.17) is 0 Å². The molecular weight excluding hydrogens is 704 g/mol. The highest BCUT2D eigenvalue weighted by molar-refractivity contribution is 9.38. The fourth-order valence-corrected chi connectivity index (χ4v) is 4.92. The zero-order chi connectivity index (χ0) is 24.7. The van der Waals surface area contributed by atoms with Gasteiger partial charge in [-0.15, -0.1) is 0 Å². The van der Waals surface area contributed by atoms with Crippen molar-refractivity contribution in [2.75, 3.05) is 0 Å². The highest BCUT2D eigenvalue weighted by Crippen LogP contribution is 2.45. The molecule has 2 aliphatic heterocycles. The Morgan fingerprint density at radius 2 is 1.46 bits per heavy atom. The first-order valence-corrected chi connectivity index (χ1v) is 13.7. The molecule has 3 aromatic rings. The predicted octanol–water partition coefficient (Wildman–Crippen LogP) is 7.45. The number of carbonyl (C=O) groups is 1. The number of benzene rings is 2. The maximum atomic E-state index is 13.6. The molecule has 0 spiro atoms. The minimum atomic E-state index is -0.767. The lowest BCUT2D eigenvalue weighted by atomic mass is 9.94. The van der Waals surface area contributed by atoms with Crippen LogP contribution < -0.4 is 0 Å².